The SMILES string of the molecule is CCOC(=O)CC(F)(F)Oc1nc2c(ccn2COCC[Si](C)(C)C)cc1Br. The molecule has 2 rings (SSSR count). The van der Waals surface area contributed by atoms with Crippen LogP contribution in [0.2, 0.25) is 25.7 Å². The molecule has 0 atom stereocenters. The first-order chi connectivity index (χ1) is 13.0. The van der Waals surface area contributed by atoms with Crippen LogP contribution in [0.1, 0.15) is 13.3 Å². The maximum Gasteiger partial charge on any atom is 0.409 e. The number of pyridine rings is 1. The standard InChI is InChI=1S/C18H25BrF2N2O4Si/c1-5-26-15(24)11-18(20,21)27-17-14(19)10-13-6-7-23(16(13)22-17)12-25-8-9-28(2,3)4/h6-7,10H,5,8-9,11-12H2,1-4H3. The lowest BCUT2D eigenvalue weighted by atomic mass is 10.3. The van der Waals surface area contributed by atoms with Gasteiger partial charge in [-0.05, 0) is 41.0 Å². The number of hydrogen-bond acceptors (Lipinski definition) is 5. The van der Waals surface area contributed by atoms with Gasteiger partial charge in [0.25, 0.3) is 0 Å². The molecule has 2 aromatic heterocycles. The molecule has 28 heavy (non-hydrogen) atoms. The molecule has 0 bridgehead atoms. The van der Waals surface area contributed by atoms with Crippen molar-refractivity contribution in [3.05, 3.63) is 22.8 Å². The lowest BCUT2D eigenvalue weighted by molar-refractivity contribution is -0.195. The fraction of sp³-hybridized carbons (Fsp3) is 0.556. The van der Waals surface area contributed by atoms with E-state index in [-0.39, 0.29) is 23.7 Å². The van der Waals surface area contributed by atoms with E-state index in [0.717, 1.165) is 11.4 Å². The van der Waals surface area contributed by atoms with Gasteiger partial charge in [0.2, 0.25) is 5.88 Å². The van der Waals surface area contributed by atoms with Gasteiger partial charge < -0.3 is 18.8 Å². The highest BCUT2D eigenvalue weighted by Gasteiger charge is 2.37. The Balaban J connectivity index is 2.12. The van der Waals surface area contributed by atoms with E-state index in [4.69, 9.17) is 9.47 Å². The lowest BCUT2D eigenvalue weighted by Gasteiger charge is -2.18. The van der Waals surface area contributed by atoms with E-state index in [0.29, 0.717) is 12.3 Å². The molecule has 0 aliphatic carbocycles. The van der Waals surface area contributed by atoms with Crippen molar-refractivity contribution in [2.24, 2.45) is 0 Å². The van der Waals surface area contributed by atoms with Crippen LogP contribution in [0.4, 0.5) is 8.78 Å². The molecule has 0 aromatic carbocycles. The summed E-state index contributed by atoms with van der Waals surface area (Å²) in [6.45, 7) is 9.26. The Morgan fingerprint density at radius 2 is 2.07 bits per heavy atom. The highest BCUT2D eigenvalue weighted by molar-refractivity contribution is 9.10. The van der Waals surface area contributed by atoms with Gasteiger partial charge in [-0.15, -0.1) is 0 Å². The van der Waals surface area contributed by atoms with Crippen molar-refractivity contribution in [3.63, 3.8) is 0 Å². The van der Waals surface area contributed by atoms with Crippen molar-refractivity contribution in [3.8, 4) is 5.88 Å². The third kappa shape index (κ3) is 6.82. The van der Waals surface area contributed by atoms with E-state index in [1.807, 2.05) is 6.07 Å². The first kappa shape index (κ1) is 22.8. The summed E-state index contributed by atoms with van der Waals surface area (Å²) >= 11 is 3.19. The minimum atomic E-state index is -3.74. The molecule has 0 fully saturated rings. The molecule has 0 saturated carbocycles. The van der Waals surface area contributed by atoms with Crippen molar-refractivity contribution in [1.82, 2.24) is 9.55 Å². The topological polar surface area (TPSA) is 62.6 Å². The second-order valence-corrected chi connectivity index (χ2v) is 14.0. The quantitative estimate of drug-likeness (QED) is 0.272. The lowest BCUT2D eigenvalue weighted by Crippen LogP contribution is -2.29. The number of carbonyl (C=O) groups is 1. The van der Waals surface area contributed by atoms with Gasteiger partial charge in [0.05, 0.1) is 11.1 Å². The second kappa shape index (κ2) is 9.32. The van der Waals surface area contributed by atoms with Crippen LogP contribution in [0, 0.1) is 0 Å². The number of ether oxygens (including phenoxy) is 3. The zero-order valence-corrected chi connectivity index (χ0v) is 19.0. The van der Waals surface area contributed by atoms with E-state index in [1.54, 1.807) is 23.8 Å². The fourth-order valence-corrected chi connectivity index (χ4v) is 3.52. The van der Waals surface area contributed by atoms with Gasteiger partial charge >= 0.3 is 12.1 Å². The fourth-order valence-electron chi connectivity index (χ4n) is 2.35. The third-order valence-corrected chi connectivity index (χ3v) is 6.06. The van der Waals surface area contributed by atoms with E-state index >= 15 is 0 Å². The summed E-state index contributed by atoms with van der Waals surface area (Å²) in [5.74, 6) is -1.34. The van der Waals surface area contributed by atoms with E-state index in [1.165, 1.54) is 0 Å². The number of nitrogens with zero attached hydrogens (tertiary/aromatic N) is 2. The van der Waals surface area contributed by atoms with Gasteiger partial charge in [0.15, 0.2) is 0 Å². The van der Waals surface area contributed by atoms with E-state index in [2.05, 4.69) is 45.3 Å². The number of alkyl halides is 2. The minimum absolute atomic E-state index is 0.0219. The average molecular weight is 479 g/mol. The monoisotopic (exact) mass is 478 g/mol. The Labute approximate surface area is 172 Å². The van der Waals surface area contributed by atoms with Gasteiger partial charge in [-0.3, -0.25) is 4.79 Å². The normalized spacial score (nSPS) is 12.4. The molecule has 6 nitrogen and oxygen atoms in total. The van der Waals surface area contributed by atoms with Crippen LogP contribution in [0.15, 0.2) is 22.8 Å². The smallest absolute Gasteiger partial charge is 0.409 e. The largest absolute Gasteiger partial charge is 0.466 e. The van der Waals surface area contributed by atoms with Crippen LogP contribution >= 0.6 is 15.9 Å². The summed E-state index contributed by atoms with van der Waals surface area (Å²) in [4.78, 5) is 15.5. The summed E-state index contributed by atoms with van der Waals surface area (Å²) in [5, 5.41) is 0.752. The molecular weight excluding hydrogens is 454 g/mol. The Hall–Kier alpha value is -1.52. The zero-order valence-electron chi connectivity index (χ0n) is 16.4. The van der Waals surface area contributed by atoms with Crippen LogP contribution in [0.5, 0.6) is 5.88 Å². The number of halogens is 3. The van der Waals surface area contributed by atoms with E-state index in [9.17, 15) is 13.6 Å². The molecule has 10 heteroatoms. The van der Waals surface area contributed by atoms with Gasteiger partial charge in [-0.2, -0.15) is 13.8 Å². The van der Waals surface area contributed by atoms with Crippen molar-refractivity contribution in [2.45, 2.75) is 51.9 Å². The number of esters is 1. The van der Waals surface area contributed by atoms with Crippen LogP contribution in [-0.4, -0.2) is 42.9 Å². The summed E-state index contributed by atoms with van der Waals surface area (Å²) in [5.41, 5.74) is 0.457. The summed E-state index contributed by atoms with van der Waals surface area (Å²) in [7, 11) is -1.19. The van der Waals surface area contributed by atoms with Crippen molar-refractivity contribution < 1.29 is 27.8 Å². The molecule has 2 aromatic rings. The molecule has 0 saturated heterocycles. The molecule has 0 amide bonds. The highest BCUT2D eigenvalue weighted by atomic mass is 79.9. The van der Waals surface area contributed by atoms with Crippen molar-refractivity contribution in [2.75, 3.05) is 13.2 Å². The van der Waals surface area contributed by atoms with Crippen LogP contribution in [0.25, 0.3) is 11.0 Å². The van der Waals surface area contributed by atoms with Gasteiger partial charge in [-0.1, -0.05) is 19.6 Å². The van der Waals surface area contributed by atoms with Crippen LogP contribution in [-0.2, 0) is 21.0 Å². The minimum Gasteiger partial charge on any atom is -0.466 e. The Bertz CT molecular complexity index is 824. The number of rotatable bonds is 10. The predicted molar refractivity (Wildman–Crippen MR) is 108 cm³/mol. The van der Waals surface area contributed by atoms with E-state index < -0.39 is 26.6 Å². The first-order valence-corrected chi connectivity index (χ1v) is 13.5. The maximum atomic E-state index is 14.0. The molecular formula is C18H25BrF2N2O4Si. The molecule has 0 N–H and O–H groups in total. The second-order valence-electron chi connectivity index (χ2n) is 7.54. The molecule has 0 aliphatic heterocycles. The number of carbonyl (C=O) groups excluding carboxylic acids is 1. The number of aromatic nitrogens is 2. The molecule has 0 radical (unpaired) electrons. The Morgan fingerprint density at radius 1 is 1.36 bits per heavy atom. The number of fused-ring (bicyclic) bond motifs is 1. The predicted octanol–water partition coefficient (Wildman–Crippen LogP) is 5.04. The van der Waals surface area contributed by atoms with Crippen LogP contribution < -0.4 is 4.74 Å². The van der Waals surface area contributed by atoms with Crippen LogP contribution in [0.3, 0.4) is 0 Å². The highest BCUT2D eigenvalue weighted by Crippen LogP contribution is 2.32. The Morgan fingerprint density at radius 3 is 2.71 bits per heavy atom. The van der Waals surface area contributed by atoms with Gasteiger partial charge in [0, 0.05) is 26.3 Å². The van der Waals surface area contributed by atoms with Crippen molar-refractivity contribution >= 4 is 41.0 Å². The molecule has 0 spiro atoms. The third-order valence-electron chi connectivity index (χ3n) is 3.79. The van der Waals surface area contributed by atoms with Gasteiger partial charge in [-0.25, -0.2) is 0 Å². The summed E-state index contributed by atoms with van der Waals surface area (Å²) in [6.07, 6.45) is -3.15. The molecule has 156 valence electrons. The van der Waals surface area contributed by atoms with Crippen molar-refractivity contribution in [1.29, 1.82) is 0 Å². The number of hydrogen-bond donors (Lipinski definition) is 0. The first-order valence-electron chi connectivity index (χ1n) is 8.96. The van der Waals surface area contributed by atoms with Gasteiger partial charge in [0.1, 0.15) is 18.8 Å². The Kier molecular flexibility index (Phi) is 7.57. The summed E-state index contributed by atoms with van der Waals surface area (Å²) in [6, 6.07) is 4.48. The summed E-state index contributed by atoms with van der Waals surface area (Å²) < 4.78 is 45.0. The molecule has 2 heterocycles. The average Bonchev–Trinajstić information content (AvgIpc) is 2.92. The molecule has 0 aliphatic rings. The zero-order chi connectivity index (χ0) is 20.9. The molecule has 0 unspecified atom stereocenters. The maximum absolute atomic E-state index is 14.0.